The summed E-state index contributed by atoms with van der Waals surface area (Å²) in [7, 11) is 1.95. The van der Waals surface area contributed by atoms with Crippen LogP contribution in [0, 0.1) is 0 Å². The van der Waals surface area contributed by atoms with Crippen LogP contribution >= 0.6 is 15.9 Å². The minimum Gasteiger partial charge on any atom is -0.393 e. The topological polar surface area (TPSA) is 38.1 Å². The van der Waals surface area contributed by atoms with Crippen molar-refractivity contribution < 1.29 is 5.11 Å². The maximum Gasteiger partial charge on any atom is 0.0766 e. The number of rotatable bonds is 8. The van der Waals surface area contributed by atoms with Crippen LogP contribution in [0.2, 0.25) is 0 Å². The van der Waals surface area contributed by atoms with Crippen molar-refractivity contribution >= 4 is 15.9 Å². The number of hydrogen-bond donors (Lipinski definition) is 1. The molecule has 104 valence electrons. The van der Waals surface area contributed by atoms with E-state index in [-0.39, 0.29) is 6.10 Å². The molecule has 4 heteroatoms. The Balaban J connectivity index is 2.48. The average Bonchev–Trinajstić information content (AvgIpc) is 2.62. The number of nitrogens with zero attached hydrogens (tertiary/aromatic N) is 2. The molecule has 1 N–H and O–H groups in total. The number of aromatic nitrogens is 2. The Kier molecular flexibility index (Phi) is 6.94. The van der Waals surface area contributed by atoms with Crippen LogP contribution in [0.25, 0.3) is 0 Å². The Hall–Kier alpha value is -0.350. The molecule has 0 aliphatic carbocycles. The van der Waals surface area contributed by atoms with Crippen molar-refractivity contribution in [1.82, 2.24) is 9.78 Å². The minimum absolute atomic E-state index is 0.252. The molecule has 0 fully saturated rings. The summed E-state index contributed by atoms with van der Waals surface area (Å²) in [6, 6.07) is 0. The lowest BCUT2D eigenvalue weighted by Crippen LogP contribution is -2.13. The summed E-state index contributed by atoms with van der Waals surface area (Å²) in [6.45, 7) is 4.30. The zero-order chi connectivity index (χ0) is 13.5. The van der Waals surface area contributed by atoms with E-state index in [0.717, 1.165) is 35.1 Å². The van der Waals surface area contributed by atoms with E-state index in [2.05, 4.69) is 34.9 Å². The Morgan fingerprint density at radius 3 is 2.56 bits per heavy atom. The molecule has 0 bridgehead atoms. The van der Waals surface area contributed by atoms with Crippen LogP contribution in [0.15, 0.2) is 4.47 Å². The summed E-state index contributed by atoms with van der Waals surface area (Å²) in [4.78, 5) is 0. The summed E-state index contributed by atoms with van der Waals surface area (Å²) < 4.78 is 2.96. The van der Waals surface area contributed by atoms with Gasteiger partial charge in [0.15, 0.2) is 0 Å². The second kappa shape index (κ2) is 7.95. The fourth-order valence-corrected chi connectivity index (χ4v) is 2.95. The number of unbranched alkanes of at least 4 members (excludes halogenated alkanes) is 3. The Morgan fingerprint density at radius 1 is 1.28 bits per heavy atom. The Morgan fingerprint density at radius 2 is 2.00 bits per heavy atom. The lowest BCUT2D eigenvalue weighted by Gasteiger charge is -2.11. The molecular formula is C14H25BrN2O. The Labute approximate surface area is 119 Å². The molecule has 0 saturated carbocycles. The highest BCUT2D eigenvalue weighted by atomic mass is 79.9. The lowest BCUT2D eigenvalue weighted by molar-refractivity contribution is 0.158. The van der Waals surface area contributed by atoms with Crippen molar-refractivity contribution in [3.8, 4) is 0 Å². The van der Waals surface area contributed by atoms with E-state index in [9.17, 15) is 5.11 Å². The smallest absolute Gasteiger partial charge is 0.0766 e. The van der Waals surface area contributed by atoms with Gasteiger partial charge in [0.25, 0.3) is 0 Å². The van der Waals surface area contributed by atoms with Crippen LogP contribution < -0.4 is 0 Å². The van der Waals surface area contributed by atoms with Crippen LogP contribution in [0.5, 0.6) is 0 Å². The third kappa shape index (κ3) is 4.39. The van der Waals surface area contributed by atoms with Gasteiger partial charge < -0.3 is 5.11 Å². The molecule has 1 unspecified atom stereocenters. The van der Waals surface area contributed by atoms with E-state index < -0.39 is 0 Å². The second-order valence-electron chi connectivity index (χ2n) is 4.89. The van der Waals surface area contributed by atoms with Crippen LogP contribution in [0.1, 0.15) is 57.3 Å². The van der Waals surface area contributed by atoms with Crippen LogP contribution in [-0.2, 0) is 19.9 Å². The predicted octanol–water partition coefficient (Wildman–Crippen LogP) is 3.62. The molecule has 0 spiro atoms. The highest BCUT2D eigenvalue weighted by molar-refractivity contribution is 9.10. The van der Waals surface area contributed by atoms with E-state index in [1.165, 1.54) is 19.3 Å². The monoisotopic (exact) mass is 316 g/mol. The summed E-state index contributed by atoms with van der Waals surface area (Å²) in [5.41, 5.74) is 2.18. The molecule has 0 aliphatic rings. The third-order valence-corrected chi connectivity index (χ3v) is 4.24. The van der Waals surface area contributed by atoms with Gasteiger partial charge in [0.05, 0.1) is 22.0 Å². The number of aryl methyl sites for hydroxylation is 2. The lowest BCUT2D eigenvalue weighted by atomic mass is 10.1. The Bertz CT molecular complexity index is 363. The van der Waals surface area contributed by atoms with E-state index in [4.69, 9.17) is 0 Å². The minimum atomic E-state index is -0.252. The standard InChI is InChI=1S/C14H25BrN2O/c1-4-6-7-8-9-11(18)10-13-14(15)12(5-2)16-17(13)3/h11,18H,4-10H2,1-3H3. The average molecular weight is 317 g/mol. The first-order valence-corrected chi connectivity index (χ1v) is 7.77. The third-order valence-electron chi connectivity index (χ3n) is 3.32. The number of aliphatic hydroxyl groups excluding tert-OH is 1. The normalized spacial score (nSPS) is 12.9. The summed E-state index contributed by atoms with van der Waals surface area (Å²) in [5.74, 6) is 0. The maximum absolute atomic E-state index is 10.1. The molecule has 0 aromatic carbocycles. The summed E-state index contributed by atoms with van der Waals surface area (Å²) in [5, 5.41) is 14.5. The van der Waals surface area contributed by atoms with Gasteiger partial charge in [-0.3, -0.25) is 4.68 Å². The van der Waals surface area contributed by atoms with E-state index in [0.29, 0.717) is 6.42 Å². The van der Waals surface area contributed by atoms with Crippen LogP contribution in [-0.4, -0.2) is 21.0 Å². The van der Waals surface area contributed by atoms with Crippen molar-refractivity contribution in [1.29, 1.82) is 0 Å². The first-order valence-electron chi connectivity index (χ1n) is 6.98. The molecule has 0 saturated heterocycles. The molecule has 0 aliphatic heterocycles. The zero-order valence-electron chi connectivity index (χ0n) is 11.7. The number of halogens is 1. The van der Waals surface area contributed by atoms with Gasteiger partial charge in [0.1, 0.15) is 0 Å². The van der Waals surface area contributed by atoms with E-state index in [1.54, 1.807) is 0 Å². The maximum atomic E-state index is 10.1. The predicted molar refractivity (Wildman–Crippen MR) is 78.8 cm³/mol. The molecule has 1 rings (SSSR count). The van der Waals surface area contributed by atoms with Gasteiger partial charge in [-0.05, 0) is 28.8 Å². The molecule has 1 atom stereocenters. The van der Waals surface area contributed by atoms with Gasteiger partial charge in [0, 0.05) is 13.5 Å². The van der Waals surface area contributed by atoms with Crippen LogP contribution in [0.4, 0.5) is 0 Å². The fraction of sp³-hybridized carbons (Fsp3) is 0.786. The van der Waals surface area contributed by atoms with Gasteiger partial charge >= 0.3 is 0 Å². The first-order chi connectivity index (χ1) is 8.60. The van der Waals surface area contributed by atoms with Gasteiger partial charge in [0.2, 0.25) is 0 Å². The fourth-order valence-electron chi connectivity index (χ4n) is 2.17. The number of hydrogen-bond acceptors (Lipinski definition) is 2. The zero-order valence-corrected chi connectivity index (χ0v) is 13.3. The van der Waals surface area contributed by atoms with Crippen molar-refractivity contribution in [2.24, 2.45) is 7.05 Å². The molecule has 18 heavy (non-hydrogen) atoms. The van der Waals surface area contributed by atoms with E-state index in [1.807, 2.05) is 11.7 Å². The molecule has 0 amide bonds. The van der Waals surface area contributed by atoms with Gasteiger partial charge in [-0.25, -0.2) is 0 Å². The molecule has 0 radical (unpaired) electrons. The van der Waals surface area contributed by atoms with Gasteiger partial charge in [-0.15, -0.1) is 0 Å². The first kappa shape index (κ1) is 15.7. The SMILES string of the molecule is CCCCCCC(O)Cc1c(Br)c(CC)nn1C. The van der Waals surface area contributed by atoms with Crippen molar-refractivity contribution in [2.75, 3.05) is 0 Å². The molecule has 3 nitrogen and oxygen atoms in total. The van der Waals surface area contributed by atoms with Gasteiger partial charge in [-0.1, -0.05) is 39.5 Å². The number of aliphatic hydroxyl groups is 1. The molecule has 1 aromatic rings. The molecule has 1 aromatic heterocycles. The second-order valence-corrected chi connectivity index (χ2v) is 5.68. The van der Waals surface area contributed by atoms with Crippen molar-refractivity contribution in [3.05, 3.63) is 15.9 Å². The molecule has 1 heterocycles. The van der Waals surface area contributed by atoms with E-state index >= 15 is 0 Å². The highest BCUT2D eigenvalue weighted by Crippen LogP contribution is 2.23. The summed E-state index contributed by atoms with van der Waals surface area (Å²) >= 11 is 3.59. The quantitative estimate of drug-likeness (QED) is 0.744. The largest absolute Gasteiger partial charge is 0.393 e. The molecular weight excluding hydrogens is 292 g/mol. The van der Waals surface area contributed by atoms with Crippen molar-refractivity contribution in [2.45, 2.75) is 64.9 Å². The van der Waals surface area contributed by atoms with Crippen molar-refractivity contribution in [3.63, 3.8) is 0 Å². The van der Waals surface area contributed by atoms with Gasteiger partial charge in [-0.2, -0.15) is 5.10 Å². The summed E-state index contributed by atoms with van der Waals surface area (Å²) in [6.07, 6.45) is 7.09. The highest BCUT2D eigenvalue weighted by Gasteiger charge is 2.15. The van der Waals surface area contributed by atoms with Crippen LogP contribution in [0.3, 0.4) is 0 Å².